The van der Waals surface area contributed by atoms with Crippen LogP contribution in [0, 0.1) is 0 Å². The summed E-state index contributed by atoms with van der Waals surface area (Å²) < 4.78 is 11.8. The highest BCUT2D eigenvalue weighted by molar-refractivity contribution is 7.10. The highest BCUT2D eigenvalue weighted by Crippen LogP contribution is 2.36. The number of para-hydroxylation sites is 1. The number of ether oxygens (including phenoxy) is 2. The average molecular weight is 409 g/mol. The van der Waals surface area contributed by atoms with Crippen LogP contribution in [0.3, 0.4) is 0 Å². The van der Waals surface area contributed by atoms with E-state index in [1.165, 1.54) is 0 Å². The Balaban J connectivity index is 1.60. The van der Waals surface area contributed by atoms with Gasteiger partial charge in [-0.3, -0.25) is 4.79 Å². The molecule has 0 bridgehead atoms. The van der Waals surface area contributed by atoms with Crippen LogP contribution in [0.4, 0.5) is 0 Å². The lowest BCUT2D eigenvalue weighted by Crippen LogP contribution is -2.51. The van der Waals surface area contributed by atoms with Crippen LogP contribution in [0.2, 0.25) is 0 Å². The van der Waals surface area contributed by atoms with Crippen molar-refractivity contribution < 1.29 is 14.3 Å². The Morgan fingerprint density at radius 3 is 2.66 bits per heavy atom. The Bertz CT molecular complexity index is 1000. The summed E-state index contributed by atoms with van der Waals surface area (Å²) in [6.45, 7) is 5.05. The maximum absolute atomic E-state index is 13.0. The molecule has 1 aliphatic rings. The molecule has 0 unspecified atom stereocenters. The third-order valence-corrected chi connectivity index (χ3v) is 5.84. The number of hydrogen-bond acceptors (Lipinski definition) is 5. The van der Waals surface area contributed by atoms with Gasteiger partial charge in [0.15, 0.2) is 0 Å². The van der Waals surface area contributed by atoms with Crippen molar-refractivity contribution in [1.82, 2.24) is 9.88 Å². The molecule has 0 N–H and O–H groups in total. The highest BCUT2D eigenvalue weighted by atomic mass is 32.1. The first kappa shape index (κ1) is 19.6. The zero-order valence-corrected chi connectivity index (χ0v) is 17.6. The number of amides is 1. The Labute approximate surface area is 174 Å². The molecule has 0 spiro atoms. The smallest absolute Gasteiger partial charge is 0.254 e. The van der Waals surface area contributed by atoms with E-state index in [1.54, 1.807) is 18.4 Å². The Morgan fingerprint density at radius 1 is 1.17 bits per heavy atom. The molecular weight excluding hydrogens is 384 g/mol. The van der Waals surface area contributed by atoms with Crippen LogP contribution in [0.15, 0.2) is 60.0 Å². The molecule has 5 nitrogen and oxygen atoms in total. The normalized spacial score (nSPS) is 18.4. The summed E-state index contributed by atoms with van der Waals surface area (Å²) in [7, 11) is 1.66. The number of thiazole rings is 1. The molecule has 0 radical (unpaired) electrons. The van der Waals surface area contributed by atoms with Crippen molar-refractivity contribution in [3.63, 3.8) is 0 Å². The molecule has 29 heavy (non-hydrogen) atoms. The quantitative estimate of drug-likeness (QED) is 0.622. The molecule has 1 amide bonds. The zero-order chi connectivity index (χ0) is 20.4. The number of aromatic nitrogens is 1. The van der Waals surface area contributed by atoms with Crippen molar-refractivity contribution >= 4 is 17.2 Å². The monoisotopic (exact) mass is 408 g/mol. The first-order valence-corrected chi connectivity index (χ1v) is 10.5. The summed E-state index contributed by atoms with van der Waals surface area (Å²) in [5, 5.41) is 2.88. The Morgan fingerprint density at radius 2 is 1.90 bits per heavy atom. The van der Waals surface area contributed by atoms with E-state index in [-0.39, 0.29) is 12.0 Å². The number of methoxy groups -OCH3 is 1. The van der Waals surface area contributed by atoms with Gasteiger partial charge in [-0.2, -0.15) is 0 Å². The third-order valence-electron chi connectivity index (χ3n) is 4.91. The fraction of sp³-hybridized carbons (Fsp3) is 0.304. The number of carbonyl (C=O) groups excluding carboxylic acids is 1. The van der Waals surface area contributed by atoms with E-state index in [4.69, 9.17) is 14.5 Å². The lowest BCUT2D eigenvalue weighted by molar-refractivity contribution is -0.128. The molecule has 2 heterocycles. The minimum Gasteiger partial charge on any atom is -0.496 e. The van der Waals surface area contributed by atoms with Crippen LogP contribution in [0.25, 0.3) is 11.3 Å². The van der Waals surface area contributed by atoms with Gasteiger partial charge in [0.2, 0.25) is 0 Å². The van der Waals surface area contributed by atoms with E-state index in [1.807, 2.05) is 78.7 Å². The Hall–Kier alpha value is -2.70. The average Bonchev–Trinajstić information content (AvgIpc) is 3.23. The molecule has 1 atom stereocenters. The van der Waals surface area contributed by atoms with Crippen molar-refractivity contribution in [3.8, 4) is 17.0 Å². The standard InChI is InChI=1S/C23H24N2O3S/c1-23(2)15-25(22(26)16-9-5-4-6-10-16)13-20(28-23)21-24-18(14-29-21)17-11-7-8-12-19(17)27-3/h4-12,14,20H,13,15H2,1-3H3/t20-/m1/s1. The maximum atomic E-state index is 13.0. The fourth-order valence-corrected chi connectivity index (χ4v) is 4.48. The van der Waals surface area contributed by atoms with Gasteiger partial charge >= 0.3 is 0 Å². The molecule has 6 heteroatoms. The lowest BCUT2D eigenvalue weighted by atomic mass is 10.0. The number of morpholine rings is 1. The van der Waals surface area contributed by atoms with Crippen LogP contribution in [-0.2, 0) is 4.74 Å². The molecule has 1 aromatic heterocycles. The summed E-state index contributed by atoms with van der Waals surface area (Å²) in [5.74, 6) is 0.809. The zero-order valence-electron chi connectivity index (χ0n) is 16.8. The predicted molar refractivity (Wildman–Crippen MR) is 114 cm³/mol. The number of hydrogen-bond donors (Lipinski definition) is 0. The van der Waals surface area contributed by atoms with Crippen molar-refractivity contribution in [2.75, 3.05) is 20.2 Å². The summed E-state index contributed by atoms with van der Waals surface area (Å²) in [6, 6.07) is 17.2. The van der Waals surface area contributed by atoms with Crippen molar-refractivity contribution in [2.24, 2.45) is 0 Å². The SMILES string of the molecule is COc1ccccc1-c1csc([C@H]2CN(C(=O)c3ccccc3)CC(C)(C)O2)n1. The van der Waals surface area contributed by atoms with E-state index in [0.717, 1.165) is 22.0 Å². The van der Waals surface area contributed by atoms with Gasteiger partial charge in [0, 0.05) is 23.1 Å². The van der Waals surface area contributed by atoms with Gasteiger partial charge in [0.05, 0.1) is 24.9 Å². The number of benzene rings is 2. The second-order valence-corrected chi connectivity index (χ2v) is 8.58. The van der Waals surface area contributed by atoms with Crippen LogP contribution in [0.1, 0.15) is 35.3 Å². The minimum atomic E-state index is -0.455. The number of rotatable bonds is 4. The summed E-state index contributed by atoms with van der Waals surface area (Å²) in [4.78, 5) is 19.7. The van der Waals surface area contributed by atoms with Gasteiger partial charge in [-0.1, -0.05) is 30.3 Å². The molecule has 3 aromatic rings. The van der Waals surface area contributed by atoms with Crippen molar-refractivity contribution in [2.45, 2.75) is 25.6 Å². The lowest BCUT2D eigenvalue weighted by Gasteiger charge is -2.42. The largest absolute Gasteiger partial charge is 0.496 e. The molecular formula is C23H24N2O3S. The van der Waals surface area contributed by atoms with Gasteiger partial charge in [0.25, 0.3) is 5.91 Å². The van der Waals surface area contributed by atoms with Crippen LogP contribution in [0.5, 0.6) is 5.75 Å². The van der Waals surface area contributed by atoms with Gasteiger partial charge in [0.1, 0.15) is 16.9 Å². The van der Waals surface area contributed by atoms with Crippen molar-refractivity contribution in [3.05, 3.63) is 70.5 Å². The van der Waals surface area contributed by atoms with Gasteiger partial charge < -0.3 is 14.4 Å². The molecule has 0 aliphatic carbocycles. The van der Waals surface area contributed by atoms with Crippen molar-refractivity contribution in [1.29, 1.82) is 0 Å². The van der Waals surface area contributed by atoms with Crippen LogP contribution >= 0.6 is 11.3 Å². The Kier molecular flexibility index (Phi) is 5.39. The minimum absolute atomic E-state index is 0.0217. The highest BCUT2D eigenvalue weighted by Gasteiger charge is 2.37. The summed E-state index contributed by atoms with van der Waals surface area (Å²) in [6.07, 6.45) is -0.264. The van der Waals surface area contributed by atoms with Gasteiger partial charge in [-0.05, 0) is 38.1 Å². The molecule has 1 saturated heterocycles. The molecule has 150 valence electrons. The van der Waals surface area contributed by atoms with Crippen LogP contribution < -0.4 is 4.74 Å². The van der Waals surface area contributed by atoms with Gasteiger partial charge in [-0.15, -0.1) is 11.3 Å². The summed E-state index contributed by atoms with van der Waals surface area (Å²) >= 11 is 1.55. The van der Waals surface area contributed by atoms with E-state index in [9.17, 15) is 4.79 Å². The molecule has 1 aliphatic heterocycles. The van der Waals surface area contributed by atoms with E-state index in [2.05, 4.69) is 0 Å². The summed E-state index contributed by atoms with van der Waals surface area (Å²) in [5.41, 5.74) is 2.04. The topological polar surface area (TPSA) is 51.7 Å². The van der Waals surface area contributed by atoms with E-state index < -0.39 is 5.60 Å². The van der Waals surface area contributed by atoms with E-state index >= 15 is 0 Å². The third kappa shape index (κ3) is 4.18. The molecule has 2 aromatic carbocycles. The number of nitrogens with zero attached hydrogens (tertiary/aromatic N) is 2. The molecule has 1 fully saturated rings. The first-order valence-electron chi connectivity index (χ1n) is 9.58. The molecule has 4 rings (SSSR count). The second kappa shape index (κ2) is 7.97. The fourth-order valence-electron chi connectivity index (χ4n) is 3.65. The van der Waals surface area contributed by atoms with Gasteiger partial charge in [-0.25, -0.2) is 4.98 Å². The maximum Gasteiger partial charge on any atom is 0.254 e. The first-order chi connectivity index (χ1) is 14.0. The van der Waals surface area contributed by atoms with Crippen LogP contribution in [-0.4, -0.2) is 41.6 Å². The van der Waals surface area contributed by atoms with E-state index in [0.29, 0.717) is 18.7 Å². The number of carbonyl (C=O) groups is 1. The molecule has 0 saturated carbocycles. The second-order valence-electron chi connectivity index (χ2n) is 7.69. The predicted octanol–water partition coefficient (Wildman–Crippen LogP) is 4.81.